The first kappa shape index (κ1) is 17.9. The van der Waals surface area contributed by atoms with Crippen molar-refractivity contribution in [2.24, 2.45) is 5.92 Å². The molecule has 0 bridgehead atoms. The van der Waals surface area contributed by atoms with E-state index in [1.165, 1.54) is 0 Å². The van der Waals surface area contributed by atoms with Crippen LogP contribution in [0.5, 0.6) is 0 Å². The lowest BCUT2D eigenvalue weighted by Gasteiger charge is -2.11. The summed E-state index contributed by atoms with van der Waals surface area (Å²) >= 11 is 4.91. The van der Waals surface area contributed by atoms with Gasteiger partial charge in [-0.15, -0.1) is 0 Å². The SMILES string of the molecule is CCCC(=O)NC(=S)NNC(=O)c1ccc(NC(=O)C2CC2)cc1. The van der Waals surface area contributed by atoms with E-state index in [1.807, 2.05) is 6.92 Å². The predicted octanol–water partition coefficient (Wildman–Crippen LogP) is 1.47. The molecule has 24 heavy (non-hydrogen) atoms. The molecule has 1 fully saturated rings. The van der Waals surface area contributed by atoms with Crippen LogP contribution in [-0.4, -0.2) is 22.8 Å². The van der Waals surface area contributed by atoms with Crippen molar-refractivity contribution in [3.05, 3.63) is 29.8 Å². The molecule has 1 aliphatic carbocycles. The maximum absolute atomic E-state index is 12.0. The van der Waals surface area contributed by atoms with Crippen LogP contribution in [0.2, 0.25) is 0 Å². The number of benzene rings is 1. The number of thiocarbonyl (C=S) groups is 1. The molecule has 128 valence electrons. The van der Waals surface area contributed by atoms with Crippen molar-refractivity contribution < 1.29 is 14.4 Å². The molecule has 1 saturated carbocycles. The number of hydrazine groups is 1. The molecule has 0 radical (unpaired) electrons. The van der Waals surface area contributed by atoms with Crippen molar-refractivity contribution in [2.45, 2.75) is 32.6 Å². The van der Waals surface area contributed by atoms with E-state index in [2.05, 4.69) is 21.5 Å². The second-order valence-corrected chi connectivity index (χ2v) is 5.96. The van der Waals surface area contributed by atoms with Gasteiger partial charge >= 0.3 is 0 Å². The molecule has 0 atom stereocenters. The van der Waals surface area contributed by atoms with Crippen LogP contribution in [0.4, 0.5) is 5.69 Å². The standard InChI is InChI=1S/C16H20N4O3S/c1-2-3-13(21)18-16(24)20-19-15(23)11-6-8-12(9-7-11)17-14(22)10-4-5-10/h6-10H,2-5H2,1H3,(H,17,22)(H,19,23)(H2,18,20,21,24). The summed E-state index contributed by atoms with van der Waals surface area (Å²) in [5, 5.41) is 5.29. The quantitative estimate of drug-likeness (QED) is 0.477. The smallest absolute Gasteiger partial charge is 0.269 e. The molecular weight excluding hydrogens is 328 g/mol. The van der Waals surface area contributed by atoms with Gasteiger partial charge in [0.1, 0.15) is 0 Å². The molecule has 8 heteroatoms. The van der Waals surface area contributed by atoms with Gasteiger partial charge in [-0.25, -0.2) is 0 Å². The summed E-state index contributed by atoms with van der Waals surface area (Å²) in [5.74, 6) is -0.467. The van der Waals surface area contributed by atoms with E-state index in [0.717, 1.165) is 12.8 Å². The third-order valence-electron chi connectivity index (χ3n) is 3.38. The maximum atomic E-state index is 12.0. The first-order valence-electron chi connectivity index (χ1n) is 7.80. The van der Waals surface area contributed by atoms with Crippen LogP contribution in [-0.2, 0) is 9.59 Å². The first-order chi connectivity index (χ1) is 11.5. The Morgan fingerprint density at radius 1 is 1.12 bits per heavy atom. The number of nitrogens with one attached hydrogen (secondary N) is 4. The highest BCUT2D eigenvalue weighted by Crippen LogP contribution is 2.30. The monoisotopic (exact) mass is 348 g/mol. The molecule has 1 aromatic carbocycles. The van der Waals surface area contributed by atoms with Crippen molar-refractivity contribution in [3.63, 3.8) is 0 Å². The predicted molar refractivity (Wildman–Crippen MR) is 94.0 cm³/mol. The van der Waals surface area contributed by atoms with Crippen LogP contribution in [0, 0.1) is 5.92 Å². The molecule has 4 N–H and O–H groups in total. The molecule has 0 spiro atoms. The highest BCUT2D eigenvalue weighted by molar-refractivity contribution is 7.80. The third-order valence-corrected chi connectivity index (χ3v) is 3.59. The zero-order valence-electron chi connectivity index (χ0n) is 13.3. The summed E-state index contributed by atoms with van der Waals surface area (Å²) < 4.78 is 0. The zero-order valence-corrected chi connectivity index (χ0v) is 14.2. The molecule has 3 amide bonds. The van der Waals surface area contributed by atoms with Gasteiger partial charge in [-0.2, -0.15) is 0 Å². The molecule has 1 aromatic rings. The Morgan fingerprint density at radius 2 is 1.79 bits per heavy atom. The van der Waals surface area contributed by atoms with Gasteiger partial charge in [-0.1, -0.05) is 6.92 Å². The Labute approximate surface area is 145 Å². The number of anilines is 1. The molecular formula is C16H20N4O3S. The Morgan fingerprint density at radius 3 is 2.38 bits per heavy atom. The topological polar surface area (TPSA) is 99.3 Å². The number of hydrogen-bond acceptors (Lipinski definition) is 4. The minimum atomic E-state index is -0.401. The van der Waals surface area contributed by atoms with E-state index in [4.69, 9.17) is 12.2 Å². The zero-order chi connectivity index (χ0) is 17.5. The number of carbonyl (C=O) groups excluding carboxylic acids is 3. The maximum Gasteiger partial charge on any atom is 0.269 e. The summed E-state index contributed by atoms with van der Waals surface area (Å²) in [6.45, 7) is 1.88. The van der Waals surface area contributed by atoms with Gasteiger partial charge in [0.15, 0.2) is 5.11 Å². The minimum absolute atomic E-state index is 0.0158. The highest BCUT2D eigenvalue weighted by Gasteiger charge is 2.29. The van der Waals surface area contributed by atoms with Crippen LogP contribution in [0.1, 0.15) is 43.0 Å². The van der Waals surface area contributed by atoms with E-state index >= 15 is 0 Å². The van der Waals surface area contributed by atoms with Gasteiger partial charge in [0.2, 0.25) is 11.8 Å². The second-order valence-electron chi connectivity index (χ2n) is 5.55. The fourth-order valence-electron chi connectivity index (χ4n) is 1.93. The molecule has 1 aliphatic rings. The fraction of sp³-hybridized carbons (Fsp3) is 0.375. The summed E-state index contributed by atoms with van der Waals surface area (Å²) in [4.78, 5) is 35.0. The molecule has 2 rings (SSSR count). The highest BCUT2D eigenvalue weighted by atomic mass is 32.1. The van der Waals surface area contributed by atoms with Gasteiger partial charge in [0.05, 0.1) is 0 Å². The lowest BCUT2D eigenvalue weighted by molar-refractivity contribution is -0.120. The number of rotatable bonds is 5. The lowest BCUT2D eigenvalue weighted by Crippen LogP contribution is -2.48. The normalized spacial score (nSPS) is 12.9. The molecule has 0 saturated heterocycles. The van der Waals surface area contributed by atoms with Crippen molar-refractivity contribution in [3.8, 4) is 0 Å². The van der Waals surface area contributed by atoms with Crippen LogP contribution in [0.25, 0.3) is 0 Å². The Balaban J connectivity index is 1.78. The minimum Gasteiger partial charge on any atom is -0.326 e. The average Bonchev–Trinajstić information content (AvgIpc) is 3.38. The summed E-state index contributed by atoms with van der Waals surface area (Å²) in [6.07, 6.45) is 2.95. The van der Waals surface area contributed by atoms with Gasteiger partial charge in [0.25, 0.3) is 5.91 Å². The van der Waals surface area contributed by atoms with E-state index in [0.29, 0.717) is 24.1 Å². The molecule has 0 heterocycles. The Bertz CT molecular complexity index is 641. The van der Waals surface area contributed by atoms with E-state index < -0.39 is 5.91 Å². The molecule has 0 aromatic heterocycles. The average molecular weight is 348 g/mol. The van der Waals surface area contributed by atoms with Gasteiger partial charge in [-0.05, 0) is 55.7 Å². The number of hydrogen-bond donors (Lipinski definition) is 4. The van der Waals surface area contributed by atoms with Crippen molar-refractivity contribution in [2.75, 3.05) is 5.32 Å². The van der Waals surface area contributed by atoms with Crippen LogP contribution in [0.15, 0.2) is 24.3 Å². The third kappa shape index (κ3) is 5.62. The summed E-state index contributed by atoms with van der Waals surface area (Å²) in [7, 11) is 0. The van der Waals surface area contributed by atoms with Gasteiger partial charge < -0.3 is 10.6 Å². The summed E-state index contributed by atoms with van der Waals surface area (Å²) in [6, 6.07) is 6.52. The second kappa shape index (κ2) is 8.39. The Hall–Kier alpha value is -2.48. The molecule has 7 nitrogen and oxygen atoms in total. The van der Waals surface area contributed by atoms with Crippen LogP contribution in [0.3, 0.4) is 0 Å². The van der Waals surface area contributed by atoms with E-state index in [1.54, 1.807) is 24.3 Å². The summed E-state index contributed by atoms with van der Waals surface area (Å²) in [5.41, 5.74) is 5.92. The largest absolute Gasteiger partial charge is 0.326 e. The van der Waals surface area contributed by atoms with Gasteiger partial charge in [0, 0.05) is 23.6 Å². The van der Waals surface area contributed by atoms with Crippen molar-refractivity contribution in [1.29, 1.82) is 0 Å². The van der Waals surface area contributed by atoms with Gasteiger partial charge in [-0.3, -0.25) is 25.2 Å². The first-order valence-corrected chi connectivity index (χ1v) is 8.21. The number of carbonyl (C=O) groups is 3. The molecule has 0 unspecified atom stereocenters. The fourth-order valence-corrected chi connectivity index (χ4v) is 2.09. The lowest BCUT2D eigenvalue weighted by atomic mass is 10.2. The van der Waals surface area contributed by atoms with E-state index in [-0.39, 0.29) is 22.8 Å². The van der Waals surface area contributed by atoms with E-state index in [9.17, 15) is 14.4 Å². The molecule has 0 aliphatic heterocycles. The van der Waals surface area contributed by atoms with Crippen molar-refractivity contribution in [1.82, 2.24) is 16.2 Å². The number of amides is 3. The van der Waals surface area contributed by atoms with Crippen LogP contribution < -0.4 is 21.5 Å². The van der Waals surface area contributed by atoms with Crippen molar-refractivity contribution >= 4 is 40.7 Å². The Kier molecular flexibility index (Phi) is 6.25. The van der Waals surface area contributed by atoms with Crippen LogP contribution >= 0.6 is 12.2 Å².